The molecule has 6 nitrogen and oxygen atoms in total. The smallest absolute Gasteiger partial charge is 0.269 e. The van der Waals surface area contributed by atoms with Crippen LogP contribution in [-0.4, -0.2) is 28.2 Å². The first-order valence-corrected chi connectivity index (χ1v) is 8.70. The number of hydrogen-bond donors (Lipinski definition) is 3. The first kappa shape index (κ1) is 16.7. The summed E-state index contributed by atoms with van der Waals surface area (Å²) in [5.74, 6) is 0. The Labute approximate surface area is 146 Å². The van der Waals surface area contributed by atoms with Crippen LogP contribution in [-0.2, 0) is 0 Å². The number of aryl methyl sites for hydroxylation is 1. The number of aromatic amines is 1. The highest BCUT2D eigenvalue weighted by Gasteiger charge is 2.21. The number of nitrogens with one attached hydrogen (secondary N) is 2. The van der Waals surface area contributed by atoms with Crippen LogP contribution in [0.4, 0.5) is 11.4 Å². The zero-order valence-electron chi connectivity index (χ0n) is 14.1. The van der Waals surface area contributed by atoms with Gasteiger partial charge in [0.2, 0.25) is 0 Å². The van der Waals surface area contributed by atoms with Gasteiger partial charge in [-0.2, -0.15) is 0 Å². The first-order chi connectivity index (χ1) is 11.5. The van der Waals surface area contributed by atoms with Crippen molar-refractivity contribution in [3.63, 3.8) is 0 Å². The molecule has 0 spiro atoms. The minimum absolute atomic E-state index is 0.183. The molecule has 0 amide bonds. The van der Waals surface area contributed by atoms with Gasteiger partial charge in [0, 0.05) is 13.1 Å². The summed E-state index contributed by atoms with van der Waals surface area (Å²) in [4.78, 5) is 21.4. The van der Waals surface area contributed by atoms with Crippen molar-refractivity contribution in [1.29, 1.82) is 0 Å². The van der Waals surface area contributed by atoms with Crippen LogP contribution < -0.4 is 21.5 Å². The van der Waals surface area contributed by atoms with Crippen LogP contribution in [0.25, 0.3) is 11.0 Å². The summed E-state index contributed by atoms with van der Waals surface area (Å²) in [5, 5.41) is 3.24. The number of anilines is 2. The molecule has 2 aromatic rings. The molecule has 0 aliphatic heterocycles. The van der Waals surface area contributed by atoms with E-state index in [2.05, 4.69) is 27.2 Å². The van der Waals surface area contributed by atoms with Gasteiger partial charge in [-0.1, -0.05) is 19.3 Å². The van der Waals surface area contributed by atoms with Crippen molar-refractivity contribution < 1.29 is 0 Å². The number of hydrogen-bond acceptors (Lipinski definition) is 4. The molecular formula is C17H23N5OS. The number of nitrogens with two attached hydrogens (primary N) is 1. The van der Waals surface area contributed by atoms with Crippen LogP contribution in [0.3, 0.4) is 0 Å². The van der Waals surface area contributed by atoms with Crippen LogP contribution in [0.5, 0.6) is 0 Å². The van der Waals surface area contributed by atoms with Gasteiger partial charge >= 0.3 is 0 Å². The Morgan fingerprint density at radius 1 is 1.38 bits per heavy atom. The molecule has 1 fully saturated rings. The SMILES string of the molecule is Cc1nc2cc(N(C)C3CCCCC3)c(NC(N)=S)cc2[nH]c1=O. The van der Waals surface area contributed by atoms with E-state index in [-0.39, 0.29) is 10.7 Å². The van der Waals surface area contributed by atoms with E-state index in [4.69, 9.17) is 18.0 Å². The van der Waals surface area contributed by atoms with Crippen molar-refractivity contribution in [3.05, 3.63) is 28.2 Å². The molecule has 7 heteroatoms. The number of aromatic nitrogens is 2. The maximum absolute atomic E-state index is 11.8. The minimum atomic E-state index is -0.183. The van der Waals surface area contributed by atoms with Gasteiger partial charge in [-0.25, -0.2) is 4.98 Å². The topological polar surface area (TPSA) is 87.0 Å². The van der Waals surface area contributed by atoms with Gasteiger partial charge in [0.05, 0.1) is 22.4 Å². The molecule has 24 heavy (non-hydrogen) atoms. The van der Waals surface area contributed by atoms with Gasteiger partial charge in [0.15, 0.2) is 5.11 Å². The monoisotopic (exact) mass is 345 g/mol. The van der Waals surface area contributed by atoms with Crippen LogP contribution in [0.2, 0.25) is 0 Å². The number of nitrogens with zero attached hydrogens (tertiary/aromatic N) is 2. The van der Waals surface area contributed by atoms with Crippen LogP contribution in [0.15, 0.2) is 16.9 Å². The van der Waals surface area contributed by atoms with E-state index in [1.807, 2.05) is 12.1 Å². The van der Waals surface area contributed by atoms with Gasteiger partial charge in [0.25, 0.3) is 5.56 Å². The molecule has 1 aromatic heterocycles. The van der Waals surface area contributed by atoms with Crippen LogP contribution in [0, 0.1) is 6.92 Å². The molecule has 0 atom stereocenters. The summed E-state index contributed by atoms with van der Waals surface area (Å²) in [6.45, 7) is 1.71. The van der Waals surface area contributed by atoms with Gasteiger partial charge in [0.1, 0.15) is 5.69 Å². The van der Waals surface area contributed by atoms with Gasteiger partial charge < -0.3 is 20.9 Å². The zero-order valence-corrected chi connectivity index (χ0v) is 14.9. The summed E-state index contributed by atoms with van der Waals surface area (Å²) in [6, 6.07) is 4.34. The van der Waals surface area contributed by atoms with E-state index in [1.165, 1.54) is 32.1 Å². The molecule has 1 aliphatic carbocycles. The number of thiocarbonyl (C=S) groups is 1. The van der Waals surface area contributed by atoms with E-state index >= 15 is 0 Å². The Hall–Kier alpha value is -2.15. The summed E-state index contributed by atoms with van der Waals surface area (Å²) in [7, 11) is 2.10. The second-order valence-corrected chi connectivity index (χ2v) is 6.87. The number of H-pyrrole nitrogens is 1. The molecule has 4 N–H and O–H groups in total. The maximum atomic E-state index is 11.8. The lowest BCUT2D eigenvalue weighted by atomic mass is 9.94. The van der Waals surface area contributed by atoms with Gasteiger partial charge in [-0.15, -0.1) is 0 Å². The Morgan fingerprint density at radius 2 is 2.08 bits per heavy atom. The normalized spacial score (nSPS) is 15.4. The zero-order chi connectivity index (χ0) is 17.3. The van der Waals surface area contributed by atoms with Crippen molar-refractivity contribution in [2.75, 3.05) is 17.3 Å². The third-order valence-electron chi connectivity index (χ3n) is 4.74. The second kappa shape index (κ2) is 6.76. The minimum Gasteiger partial charge on any atom is -0.376 e. The fraction of sp³-hybridized carbons (Fsp3) is 0.471. The Morgan fingerprint density at radius 3 is 2.75 bits per heavy atom. The van der Waals surface area contributed by atoms with E-state index < -0.39 is 0 Å². The summed E-state index contributed by atoms with van der Waals surface area (Å²) in [6.07, 6.45) is 6.18. The third-order valence-corrected chi connectivity index (χ3v) is 4.84. The number of rotatable bonds is 3. The highest BCUT2D eigenvalue weighted by molar-refractivity contribution is 7.80. The van der Waals surface area contributed by atoms with Gasteiger partial charge in [-0.05, 0) is 44.1 Å². The van der Waals surface area contributed by atoms with E-state index in [9.17, 15) is 4.79 Å². The Kier molecular flexibility index (Phi) is 4.71. The lowest BCUT2D eigenvalue weighted by Gasteiger charge is -2.34. The predicted molar refractivity (Wildman–Crippen MR) is 103 cm³/mol. The number of benzene rings is 1. The van der Waals surface area contributed by atoms with E-state index in [0.29, 0.717) is 17.3 Å². The summed E-state index contributed by atoms with van der Waals surface area (Å²) < 4.78 is 0. The van der Waals surface area contributed by atoms with Crippen molar-refractivity contribution in [2.45, 2.75) is 45.1 Å². The summed E-state index contributed by atoms with van der Waals surface area (Å²) in [5.41, 5.74) is 9.19. The van der Waals surface area contributed by atoms with Crippen molar-refractivity contribution in [2.24, 2.45) is 5.73 Å². The van der Waals surface area contributed by atoms with Crippen LogP contribution >= 0.6 is 12.2 Å². The molecule has 0 unspecified atom stereocenters. The van der Waals surface area contributed by atoms with E-state index in [1.54, 1.807) is 6.92 Å². The molecule has 3 rings (SSSR count). The Bertz CT molecular complexity index is 826. The molecule has 1 heterocycles. The predicted octanol–water partition coefficient (Wildman–Crippen LogP) is 2.66. The second-order valence-electron chi connectivity index (χ2n) is 6.43. The highest BCUT2D eigenvalue weighted by atomic mass is 32.1. The fourth-order valence-electron chi connectivity index (χ4n) is 3.40. The molecule has 0 radical (unpaired) electrons. The average Bonchev–Trinajstić information content (AvgIpc) is 2.55. The van der Waals surface area contributed by atoms with Gasteiger partial charge in [-0.3, -0.25) is 4.79 Å². The maximum Gasteiger partial charge on any atom is 0.269 e. The molecule has 1 saturated carbocycles. The molecule has 0 saturated heterocycles. The van der Waals surface area contributed by atoms with E-state index in [0.717, 1.165) is 16.9 Å². The molecule has 0 bridgehead atoms. The van der Waals surface area contributed by atoms with Crippen molar-refractivity contribution in [3.8, 4) is 0 Å². The molecule has 1 aromatic carbocycles. The summed E-state index contributed by atoms with van der Waals surface area (Å²) >= 11 is 5.01. The first-order valence-electron chi connectivity index (χ1n) is 8.29. The molecular weight excluding hydrogens is 322 g/mol. The highest BCUT2D eigenvalue weighted by Crippen LogP contribution is 2.33. The lowest BCUT2D eigenvalue weighted by molar-refractivity contribution is 0.428. The molecule has 128 valence electrons. The van der Waals surface area contributed by atoms with Crippen molar-refractivity contribution in [1.82, 2.24) is 9.97 Å². The fourth-order valence-corrected chi connectivity index (χ4v) is 3.51. The standard InChI is InChI=1S/C17H23N5OS/c1-10-16(23)20-12-8-14(21-17(18)24)15(9-13(12)19-10)22(2)11-6-4-3-5-7-11/h8-9,11H,3-7H2,1-2H3,(H,20,23)(H3,18,21,24). The Balaban J connectivity index is 2.10. The number of fused-ring (bicyclic) bond motifs is 1. The van der Waals surface area contributed by atoms with Crippen LogP contribution in [0.1, 0.15) is 37.8 Å². The largest absolute Gasteiger partial charge is 0.376 e. The van der Waals surface area contributed by atoms with Crippen molar-refractivity contribution >= 4 is 39.7 Å². The molecule has 1 aliphatic rings. The quantitative estimate of drug-likeness (QED) is 0.742. The third kappa shape index (κ3) is 3.36. The lowest BCUT2D eigenvalue weighted by Crippen LogP contribution is -2.34. The average molecular weight is 345 g/mol.